The molecule has 0 spiro atoms. The molecule has 0 aromatic heterocycles. The molecule has 8 nitrogen and oxygen atoms in total. The maximum Gasteiger partial charge on any atom is 0.374 e. The predicted octanol–water partition coefficient (Wildman–Crippen LogP) is 2.35. The Hall–Kier alpha value is 0.220. The molecule has 0 bridgehead atoms. The minimum Gasteiger partial charge on any atom is -0.368 e. The van der Waals surface area contributed by atoms with Crippen molar-refractivity contribution in [3.05, 3.63) is 0 Å². The maximum atomic E-state index is 12.7. The van der Waals surface area contributed by atoms with Crippen molar-refractivity contribution in [2.75, 3.05) is 13.1 Å². The third kappa shape index (κ3) is 3.53. The molecular weight excluding hydrogens is 356 g/mol. The SMILES string of the molecule is O=P1(O)OC(C2CCCCC2)OP(=O)(O)C1(O)CC1CCCNC1. The number of nitrogens with one attached hydrogen (secondary N) is 1. The Morgan fingerprint density at radius 1 is 1.00 bits per heavy atom. The van der Waals surface area contributed by atoms with Gasteiger partial charge >= 0.3 is 15.2 Å². The largest absolute Gasteiger partial charge is 0.374 e. The second-order valence-electron chi connectivity index (χ2n) is 7.21. The molecule has 1 aliphatic carbocycles. The van der Waals surface area contributed by atoms with Gasteiger partial charge in [0.05, 0.1) is 0 Å². The van der Waals surface area contributed by atoms with Gasteiger partial charge < -0.3 is 20.2 Å². The minimum atomic E-state index is -4.73. The highest BCUT2D eigenvalue weighted by molar-refractivity contribution is 7.73. The summed E-state index contributed by atoms with van der Waals surface area (Å²) in [5.41, 5.74) is 0. The van der Waals surface area contributed by atoms with Crippen molar-refractivity contribution in [1.29, 1.82) is 0 Å². The summed E-state index contributed by atoms with van der Waals surface area (Å²) in [5, 5.41) is 11.1. The molecular formula is C14H27NO7P2. The van der Waals surface area contributed by atoms with Gasteiger partial charge in [0.2, 0.25) is 0 Å². The van der Waals surface area contributed by atoms with Crippen molar-refractivity contribution in [1.82, 2.24) is 5.32 Å². The Morgan fingerprint density at radius 3 is 2.17 bits per heavy atom. The number of hydrogen-bond acceptors (Lipinski definition) is 6. The van der Waals surface area contributed by atoms with E-state index in [1.807, 2.05) is 0 Å². The Labute approximate surface area is 142 Å². The summed E-state index contributed by atoms with van der Waals surface area (Å²) < 4.78 is 35.7. The number of hydrogen-bond donors (Lipinski definition) is 4. The molecule has 3 atom stereocenters. The topological polar surface area (TPSA) is 125 Å². The first kappa shape index (κ1) is 19.0. The highest BCUT2D eigenvalue weighted by Gasteiger charge is 2.67. The summed E-state index contributed by atoms with van der Waals surface area (Å²) in [5.74, 6) is -0.372. The van der Waals surface area contributed by atoms with Crippen molar-refractivity contribution in [3.63, 3.8) is 0 Å². The van der Waals surface area contributed by atoms with Gasteiger partial charge in [0.25, 0.3) is 5.08 Å². The molecule has 0 aromatic carbocycles. The molecule has 1 saturated carbocycles. The number of piperidine rings is 1. The molecule has 0 radical (unpaired) electrons. The van der Waals surface area contributed by atoms with E-state index < -0.39 is 26.6 Å². The maximum absolute atomic E-state index is 12.7. The lowest BCUT2D eigenvalue weighted by atomic mass is 9.89. The summed E-state index contributed by atoms with van der Waals surface area (Å²) in [7, 11) is -9.46. The van der Waals surface area contributed by atoms with Crippen LogP contribution in [0, 0.1) is 11.8 Å². The first-order valence-electron chi connectivity index (χ1n) is 8.71. The van der Waals surface area contributed by atoms with Gasteiger partial charge in [-0.05, 0) is 44.7 Å². The first-order chi connectivity index (χ1) is 11.3. The molecule has 2 aliphatic heterocycles. The Bertz CT molecular complexity index is 519. The third-order valence-corrected chi connectivity index (χ3v) is 10.1. The van der Waals surface area contributed by atoms with E-state index in [4.69, 9.17) is 9.05 Å². The highest BCUT2D eigenvalue weighted by atomic mass is 31.2. The number of rotatable bonds is 3. The summed E-state index contributed by atoms with van der Waals surface area (Å²) >= 11 is 0. The van der Waals surface area contributed by atoms with Gasteiger partial charge in [0, 0.05) is 12.3 Å². The lowest BCUT2D eigenvalue weighted by Crippen LogP contribution is -2.44. The van der Waals surface area contributed by atoms with E-state index in [0.29, 0.717) is 13.0 Å². The summed E-state index contributed by atoms with van der Waals surface area (Å²) in [6, 6.07) is 0. The zero-order valence-corrected chi connectivity index (χ0v) is 15.5. The fourth-order valence-electron chi connectivity index (χ4n) is 3.92. The van der Waals surface area contributed by atoms with Crippen molar-refractivity contribution in [2.45, 2.75) is 62.7 Å². The van der Waals surface area contributed by atoms with Gasteiger partial charge in [0.1, 0.15) is 0 Å². The van der Waals surface area contributed by atoms with Gasteiger partial charge in [-0.15, -0.1) is 0 Å². The molecule has 4 N–H and O–H groups in total. The van der Waals surface area contributed by atoms with Crippen LogP contribution in [-0.4, -0.2) is 39.4 Å². The molecule has 2 heterocycles. The van der Waals surface area contributed by atoms with E-state index in [1.54, 1.807) is 0 Å². The van der Waals surface area contributed by atoms with Crippen LogP contribution >= 0.6 is 15.2 Å². The van der Waals surface area contributed by atoms with Gasteiger partial charge in [-0.25, -0.2) is 0 Å². The minimum absolute atomic E-state index is 0.178. The zero-order valence-electron chi connectivity index (χ0n) is 13.7. The normalized spacial score (nSPS) is 48.3. The Kier molecular flexibility index (Phi) is 5.61. The fraction of sp³-hybridized carbons (Fsp3) is 1.00. The van der Waals surface area contributed by atoms with Crippen molar-refractivity contribution >= 4 is 15.2 Å². The summed E-state index contributed by atoms with van der Waals surface area (Å²) in [6.07, 6.45) is 4.41. The quantitative estimate of drug-likeness (QED) is 0.547. The van der Waals surface area contributed by atoms with Crippen LogP contribution in [0.1, 0.15) is 51.4 Å². The molecule has 10 heteroatoms. The van der Waals surface area contributed by atoms with Gasteiger partial charge in [-0.3, -0.25) is 18.2 Å². The monoisotopic (exact) mass is 383 g/mol. The summed E-state index contributed by atoms with van der Waals surface area (Å²) in [6.45, 7) is 1.35. The average Bonchev–Trinajstić information content (AvgIpc) is 2.54. The van der Waals surface area contributed by atoms with Crippen LogP contribution in [0.3, 0.4) is 0 Å². The summed E-state index contributed by atoms with van der Waals surface area (Å²) in [4.78, 5) is 20.6. The van der Waals surface area contributed by atoms with Gasteiger partial charge in [-0.1, -0.05) is 19.3 Å². The first-order valence-corrected chi connectivity index (χ1v) is 11.9. The van der Waals surface area contributed by atoms with Crippen LogP contribution < -0.4 is 5.32 Å². The van der Waals surface area contributed by atoms with Gasteiger partial charge in [-0.2, -0.15) is 0 Å². The Balaban J connectivity index is 1.79. The fourth-order valence-corrected chi connectivity index (χ4v) is 7.86. The van der Waals surface area contributed by atoms with E-state index in [2.05, 4.69) is 5.32 Å². The molecule has 24 heavy (non-hydrogen) atoms. The molecule has 140 valence electrons. The van der Waals surface area contributed by atoms with Crippen LogP contribution in [-0.2, 0) is 18.2 Å². The van der Waals surface area contributed by atoms with E-state index in [9.17, 15) is 24.0 Å². The van der Waals surface area contributed by atoms with Crippen LogP contribution in [0.4, 0.5) is 0 Å². The van der Waals surface area contributed by atoms with Gasteiger partial charge in [0.15, 0.2) is 6.29 Å². The number of aliphatic hydroxyl groups is 1. The zero-order chi connectivity index (χ0) is 17.4. The lowest BCUT2D eigenvalue weighted by Gasteiger charge is -2.45. The Morgan fingerprint density at radius 2 is 1.62 bits per heavy atom. The van der Waals surface area contributed by atoms with Crippen LogP contribution in [0.2, 0.25) is 0 Å². The molecule has 3 rings (SSSR count). The second-order valence-corrected chi connectivity index (χ2v) is 11.5. The molecule has 3 fully saturated rings. The van der Waals surface area contributed by atoms with E-state index in [0.717, 1.165) is 45.1 Å². The predicted molar refractivity (Wildman–Crippen MR) is 87.3 cm³/mol. The smallest absolute Gasteiger partial charge is 0.368 e. The average molecular weight is 383 g/mol. The molecule has 3 aliphatic rings. The van der Waals surface area contributed by atoms with Crippen LogP contribution in [0.5, 0.6) is 0 Å². The van der Waals surface area contributed by atoms with Crippen molar-refractivity contribution in [2.24, 2.45) is 11.8 Å². The molecule has 0 amide bonds. The van der Waals surface area contributed by atoms with Crippen LogP contribution in [0.15, 0.2) is 0 Å². The highest BCUT2D eigenvalue weighted by Crippen LogP contribution is 2.78. The van der Waals surface area contributed by atoms with Crippen LogP contribution in [0.25, 0.3) is 0 Å². The van der Waals surface area contributed by atoms with E-state index >= 15 is 0 Å². The third-order valence-electron chi connectivity index (χ3n) is 5.39. The van der Waals surface area contributed by atoms with Crippen molar-refractivity contribution in [3.8, 4) is 0 Å². The van der Waals surface area contributed by atoms with Crippen molar-refractivity contribution < 1.29 is 33.1 Å². The molecule has 0 aromatic rings. The molecule has 3 unspecified atom stereocenters. The van der Waals surface area contributed by atoms with E-state index in [1.165, 1.54) is 0 Å². The molecule has 2 saturated heterocycles. The van der Waals surface area contributed by atoms with E-state index in [-0.39, 0.29) is 18.3 Å². The lowest BCUT2D eigenvalue weighted by molar-refractivity contribution is -0.0979. The second kappa shape index (κ2) is 7.09. The standard InChI is InChI=1S/C14H27NO7P2/c16-14(9-11-5-4-8-15-10-11)23(17,18)21-13(22-24(14,19)20)12-6-2-1-3-7-12/h11-13,15-16H,1-10H2,(H,17,18)(H,19,20).